The van der Waals surface area contributed by atoms with E-state index < -0.39 is 12.0 Å². The summed E-state index contributed by atoms with van der Waals surface area (Å²) < 4.78 is 29.7. The van der Waals surface area contributed by atoms with Crippen LogP contribution in [0.4, 0.5) is 10.1 Å². The normalized spacial score (nSPS) is 16.2. The predicted octanol–water partition coefficient (Wildman–Crippen LogP) is 5.97. The molecule has 1 aliphatic rings. The third-order valence-corrected chi connectivity index (χ3v) is 7.10. The molecule has 8 heteroatoms. The molecule has 1 N–H and O–H groups in total. The van der Waals surface area contributed by atoms with Gasteiger partial charge in [-0.15, -0.1) is 0 Å². The van der Waals surface area contributed by atoms with E-state index in [-0.39, 0.29) is 24.2 Å². The van der Waals surface area contributed by atoms with Crippen LogP contribution in [0.25, 0.3) is 0 Å². The van der Waals surface area contributed by atoms with Gasteiger partial charge in [0.15, 0.2) is 11.5 Å². The van der Waals surface area contributed by atoms with Gasteiger partial charge in [-0.25, -0.2) is 4.39 Å². The highest BCUT2D eigenvalue weighted by atomic mass is 19.1. The van der Waals surface area contributed by atoms with Crippen molar-refractivity contribution in [3.63, 3.8) is 0 Å². The molecule has 0 fully saturated rings. The van der Waals surface area contributed by atoms with Crippen LogP contribution in [-0.2, 0) is 11.3 Å². The zero-order chi connectivity index (χ0) is 28.2. The van der Waals surface area contributed by atoms with Crippen LogP contribution >= 0.6 is 0 Å². The van der Waals surface area contributed by atoms with Crippen LogP contribution in [0, 0.1) is 5.82 Å². The summed E-state index contributed by atoms with van der Waals surface area (Å²) in [5.41, 5.74) is 3.10. The van der Waals surface area contributed by atoms with Gasteiger partial charge in [-0.3, -0.25) is 9.59 Å². The largest absolute Gasteiger partial charge is 0.497 e. The Bertz CT molecular complexity index is 1520. The number of methoxy groups -OCH3 is 3. The Morgan fingerprint density at radius 1 is 0.850 bits per heavy atom. The molecule has 4 aromatic carbocycles. The summed E-state index contributed by atoms with van der Waals surface area (Å²) in [5.74, 6) is 0.0457. The van der Waals surface area contributed by atoms with E-state index >= 15 is 0 Å². The molecule has 1 heterocycles. The molecular formula is C32H29FN2O5. The van der Waals surface area contributed by atoms with Crippen molar-refractivity contribution in [1.82, 2.24) is 4.90 Å². The second-order valence-electron chi connectivity index (χ2n) is 9.40. The van der Waals surface area contributed by atoms with Crippen LogP contribution in [0.1, 0.15) is 39.0 Å². The van der Waals surface area contributed by atoms with E-state index in [9.17, 15) is 14.0 Å². The number of hydrogen-bond acceptors (Lipinski definition) is 5. The molecule has 0 saturated carbocycles. The summed E-state index contributed by atoms with van der Waals surface area (Å²) in [6.45, 7) is 0.185. The molecular weight excluding hydrogens is 511 g/mol. The van der Waals surface area contributed by atoms with Crippen LogP contribution < -0.4 is 19.5 Å². The van der Waals surface area contributed by atoms with Crippen LogP contribution in [0.2, 0.25) is 0 Å². The minimum atomic E-state index is -0.754. The SMILES string of the molecule is COc1ccc([C@@H]2[C@H](C(=O)Nc3ccc(OC)c(OC)c3)c3ccccc3C(=O)N2Cc2ccc(F)cc2)cc1. The van der Waals surface area contributed by atoms with Crippen molar-refractivity contribution in [3.05, 3.63) is 119 Å². The highest BCUT2D eigenvalue weighted by Crippen LogP contribution is 2.44. The molecule has 0 unspecified atom stereocenters. The van der Waals surface area contributed by atoms with Crippen LogP contribution in [0.3, 0.4) is 0 Å². The molecule has 1 aliphatic heterocycles. The number of carbonyl (C=O) groups is 2. The Labute approximate surface area is 232 Å². The number of carbonyl (C=O) groups excluding carboxylic acids is 2. The summed E-state index contributed by atoms with van der Waals surface area (Å²) in [4.78, 5) is 29.8. The number of amides is 2. The Kier molecular flexibility index (Phi) is 7.68. The first-order chi connectivity index (χ1) is 19.4. The summed E-state index contributed by atoms with van der Waals surface area (Å²) >= 11 is 0. The standard InChI is InChI=1S/C32H29FN2O5/c1-38-24-15-10-21(11-16-24)30-29(31(36)34-23-14-17-27(39-2)28(18-23)40-3)25-6-4-5-7-26(25)32(37)35(30)19-20-8-12-22(33)13-9-20/h4-18,29-30H,19H2,1-3H3,(H,34,36)/t29-,30-/m1/s1. The zero-order valence-electron chi connectivity index (χ0n) is 22.4. The first kappa shape index (κ1) is 26.7. The molecule has 4 aromatic rings. The van der Waals surface area contributed by atoms with Crippen molar-refractivity contribution in [2.45, 2.75) is 18.5 Å². The van der Waals surface area contributed by atoms with Crippen LogP contribution in [0.15, 0.2) is 91.0 Å². The maximum absolute atomic E-state index is 14.1. The fourth-order valence-corrected chi connectivity index (χ4v) is 5.14. The van der Waals surface area contributed by atoms with E-state index in [0.29, 0.717) is 34.1 Å². The van der Waals surface area contributed by atoms with Gasteiger partial charge in [0.05, 0.1) is 33.3 Å². The molecule has 0 radical (unpaired) electrons. The molecule has 0 spiro atoms. The number of nitrogens with one attached hydrogen (secondary N) is 1. The molecule has 5 rings (SSSR count). The van der Waals surface area contributed by atoms with Crippen LogP contribution in [0.5, 0.6) is 17.2 Å². The average Bonchev–Trinajstić information content (AvgIpc) is 2.99. The van der Waals surface area contributed by atoms with Crippen molar-refractivity contribution in [2.24, 2.45) is 0 Å². The monoisotopic (exact) mass is 540 g/mol. The number of benzene rings is 4. The lowest BCUT2D eigenvalue weighted by Gasteiger charge is -2.42. The predicted molar refractivity (Wildman–Crippen MR) is 149 cm³/mol. The van der Waals surface area contributed by atoms with Gasteiger partial charge in [0.1, 0.15) is 11.6 Å². The summed E-state index contributed by atoms with van der Waals surface area (Å²) in [6, 6.07) is 25.0. The average molecular weight is 541 g/mol. The lowest BCUT2D eigenvalue weighted by Crippen LogP contribution is -2.45. The van der Waals surface area contributed by atoms with Crippen molar-refractivity contribution in [3.8, 4) is 17.2 Å². The van der Waals surface area contributed by atoms with Gasteiger partial charge in [-0.05, 0) is 59.2 Å². The number of nitrogens with zero attached hydrogens (tertiary/aromatic N) is 1. The van der Waals surface area contributed by atoms with E-state index in [1.165, 1.54) is 19.2 Å². The maximum Gasteiger partial charge on any atom is 0.255 e. The Morgan fingerprint density at radius 3 is 2.23 bits per heavy atom. The third kappa shape index (κ3) is 5.20. The molecule has 2 atom stereocenters. The fourth-order valence-electron chi connectivity index (χ4n) is 5.14. The zero-order valence-corrected chi connectivity index (χ0v) is 22.4. The minimum absolute atomic E-state index is 0.185. The lowest BCUT2D eigenvalue weighted by atomic mass is 9.79. The molecule has 204 valence electrons. The van der Waals surface area contributed by atoms with Crippen molar-refractivity contribution < 1.29 is 28.2 Å². The van der Waals surface area contributed by atoms with Crippen molar-refractivity contribution >= 4 is 17.5 Å². The van der Waals surface area contributed by atoms with E-state index in [0.717, 1.165) is 11.1 Å². The third-order valence-electron chi connectivity index (χ3n) is 7.10. The van der Waals surface area contributed by atoms with Crippen molar-refractivity contribution in [1.29, 1.82) is 0 Å². The Hall–Kier alpha value is -4.85. The summed E-state index contributed by atoms with van der Waals surface area (Å²) in [7, 11) is 4.65. The number of fused-ring (bicyclic) bond motifs is 1. The molecule has 2 amide bonds. The molecule has 0 bridgehead atoms. The van der Waals surface area contributed by atoms with Gasteiger partial charge < -0.3 is 24.4 Å². The van der Waals surface area contributed by atoms with E-state index in [1.807, 2.05) is 24.3 Å². The quantitative estimate of drug-likeness (QED) is 0.298. The first-order valence-electron chi connectivity index (χ1n) is 12.7. The van der Waals surface area contributed by atoms with Crippen molar-refractivity contribution in [2.75, 3.05) is 26.6 Å². The lowest BCUT2D eigenvalue weighted by molar-refractivity contribution is -0.119. The second-order valence-corrected chi connectivity index (χ2v) is 9.40. The Balaban J connectivity index is 1.61. The fraction of sp³-hybridized carbons (Fsp3) is 0.188. The number of anilines is 1. The highest BCUT2D eigenvalue weighted by molar-refractivity contribution is 6.04. The van der Waals surface area contributed by atoms with Gasteiger partial charge >= 0.3 is 0 Å². The number of ether oxygens (including phenoxy) is 3. The van der Waals surface area contributed by atoms with E-state index in [4.69, 9.17) is 14.2 Å². The van der Waals surface area contributed by atoms with Gasteiger partial charge in [0.25, 0.3) is 5.91 Å². The highest BCUT2D eigenvalue weighted by Gasteiger charge is 2.44. The topological polar surface area (TPSA) is 77.1 Å². The van der Waals surface area contributed by atoms with Gasteiger partial charge in [-0.2, -0.15) is 0 Å². The van der Waals surface area contributed by atoms with Gasteiger partial charge in [0, 0.05) is 23.9 Å². The molecule has 40 heavy (non-hydrogen) atoms. The van der Waals surface area contributed by atoms with E-state index in [2.05, 4.69) is 5.32 Å². The Morgan fingerprint density at radius 2 is 1.55 bits per heavy atom. The first-order valence-corrected chi connectivity index (χ1v) is 12.7. The van der Waals surface area contributed by atoms with Gasteiger partial charge in [0.2, 0.25) is 5.91 Å². The molecule has 7 nitrogen and oxygen atoms in total. The molecule has 0 saturated heterocycles. The van der Waals surface area contributed by atoms with Crippen LogP contribution in [-0.4, -0.2) is 38.0 Å². The van der Waals surface area contributed by atoms with Gasteiger partial charge in [-0.1, -0.05) is 42.5 Å². The number of halogens is 1. The summed E-state index contributed by atoms with van der Waals surface area (Å²) in [5, 5.41) is 3.02. The second kappa shape index (κ2) is 11.5. The summed E-state index contributed by atoms with van der Waals surface area (Å²) in [6.07, 6.45) is 0. The number of rotatable bonds is 8. The number of hydrogen-bond donors (Lipinski definition) is 1. The van der Waals surface area contributed by atoms with E-state index in [1.54, 1.807) is 73.7 Å². The molecule has 0 aromatic heterocycles. The smallest absolute Gasteiger partial charge is 0.255 e. The maximum atomic E-state index is 14.1. The molecule has 0 aliphatic carbocycles. The minimum Gasteiger partial charge on any atom is -0.497 e.